The van der Waals surface area contributed by atoms with Gasteiger partial charge in [0, 0.05) is 10.5 Å². The minimum atomic E-state index is -4.12. The summed E-state index contributed by atoms with van der Waals surface area (Å²) in [6, 6.07) is 20.8. The van der Waals surface area contributed by atoms with Crippen molar-refractivity contribution in [1.29, 1.82) is 0 Å². The van der Waals surface area contributed by atoms with Crippen molar-refractivity contribution in [1.82, 2.24) is 0 Å². The number of carbonyl (C=O) groups is 1. The number of halogens is 1. The molecule has 5 nitrogen and oxygen atoms in total. The lowest BCUT2D eigenvalue weighted by molar-refractivity contribution is -0.117. The van der Waals surface area contributed by atoms with Gasteiger partial charge in [0.05, 0.1) is 23.4 Å². The first-order chi connectivity index (χ1) is 16.4. The van der Waals surface area contributed by atoms with Crippen molar-refractivity contribution in [3.8, 4) is 5.75 Å². The monoisotopic (exact) mass is 533 g/mol. The third kappa shape index (κ3) is 3.43. The zero-order chi connectivity index (χ0) is 23.9. The van der Waals surface area contributed by atoms with Crippen LogP contribution < -0.4 is 9.04 Å². The average molecular weight is 534 g/mol. The minimum absolute atomic E-state index is 0.105. The van der Waals surface area contributed by atoms with E-state index in [0.29, 0.717) is 17.1 Å². The minimum Gasteiger partial charge on any atom is -0.497 e. The summed E-state index contributed by atoms with van der Waals surface area (Å²) in [5.41, 5.74) is 0.989. The van der Waals surface area contributed by atoms with Crippen LogP contribution in [0.3, 0.4) is 0 Å². The number of allylic oxidation sites excluding steroid dienone is 4. The maximum absolute atomic E-state index is 14.2. The fourth-order valence-corrected chi connectivity index (χ4v) is 6.25. The van der Waals surface area contributed by atoms with E-state index in [1.807, 2.05) is 24.3 Å². The van der Waals surface area contributed by atoms with E-state index in [1.165, 1.54) is 17.5 Å². The zero-order valence-corrected chi connectivity index (χ0v) is 20.6. The molecular weight excluding hydrogens is 514 g/mol. The quantitative estimate of drug-likeness (QED) is 0.425. The number of methoxy groups -OCH3 is 1. The van der Waals surface area contributed by atoms with Crippen molar-refractivity contribution >= 4 is 43.5 Å². The van der Waals surface area contributed by atoms with E-state index in [2.05, 4.69) is 15.9 Å². The van der Waals surface area contributed by atoms with Crippen LogP contribution in [0.15, 0.2) is 112 Å². The van der Waals surface area contributed by atoms with Crippen LogP contribution in [0.25, 0.3) is 6.08 Å². The fourth-order valence-electron chi connectivity index (χ4n) is 4.45. The summed E-state index contributed by atoms with van der Waals surface area (Å²) < 4.78 is 35.8. The Hall–Kier alpha value is -3.42. The number of hydrogen-bond donors (Lipinski definition) is 0. The summed E-state index contributed by atoms with van der Waals surface area (Å²) in [6.07, 6.45) is 8.51. The molecule has 0 bridgehead atoms. The van der Waals surface area contributed by atoms with E-state index < -0.39 is 15.4 Å². The highest BCUT2D eigenvalue weighted by Gasteiger charge is 2.50. The number of benzene rings is 3. The molecule has 1 atom stereocenters. The first kappa shape index (κ1) is 22.4. The zero-order valence-electron chi connectivity index (χ0n) is 18.2. The van der Waals surface area contributed by atoms with Gasteiger partial charge in [-0.05, 0) is 59.7 Å². The lowest BCUT2D eigenvalue weighted by Gasteiger charge is -2.36. The predicted octanol–water partition coefficient (Wildman–Crippen LogP) is 5.64. The molecule has 3 aromatic rings. The van der Waals surface area contributed by atoms with Crippen molar-refractivity contribution in [3.63, 3.8) is 0 Å². The molecule has 0 N–H and O–H groups in total. The smallest absolute Gasteiger partial charge is 0.268 e. The van der Waals surface area contributed by atoms with Crippen molar-refractivity contribution in [2.45, 2.75) is 10.3 Å². The van der Waals surface area contributed by atoms with Crippen molar-refractivity contribution in [2.75, 3.05) is 11.4 Å². The Morgan fingerprint density at radius 2 is 1.71 bits per heavy atom. The lowest BCUT2D eigenvalue weighted by atomic mass is 9.74. The van der Waals surface area contributed by atoms with Crippen molar-refractivity contribution in [3.05, 3.63) is 118 Å². The molecule has 0 aromatic heterocycles. The number of ketones is 1. The summed E-state index contributed by atoms with van der Waals surface area (Å²) in [5, 5.41) is 0. The van der Waals surface area contributed by atoms with E-state index in [4.69, 9.17) is 4.74 Å². The maximum atomic E-state index is 14.2. The molecule has 7 heteroatoms. The standard InChI is InChI=1S/C27H20BrNO4S/c1-33-22-9-6-8-21(18-22)29(34(31,32)23-14-12-20(28)13-15-23)25-17-19-7-2-3-10-24(19)27(25)16-5-4-11-26(27)30/h2-18H,1H3/t27-/m1/s1. The predicted molar refractivity (Wildman–Crippen MR) is 136 cm³/mol. The Morgan fingerprint density at radius 3 is 2.44 bits per heavy atom. The van der Waals surface area contributed by atoms with E-state index in [1.54, 1.807) is 72.8 Å². The molecule has 0 aliphatic heterocycles. The summed E-state index contributed by atoms with van der Waals surface area (Å²) in [5.74, 6) is 0.300. The van der Waals surface area contributed by atoms with Crippen molar-refractivity contribution in [2.24, 2.45) is 0 Å². The van der Waals surface area contributed by atoms with Gasteiger partial charge in [-0.3, -0.25) is 4.79 Å². The summed E-state index contributed by atoms with van der Waals surface area (Å²) in [6.45, 7) is 0. The number of anilines is 1. The Labute approximate surface area is 206 Å². The number of fused-ring (bicyclic) bond motifs is 2. The van der Waals surface area contributed by atoms with Crippen LogP contribution in [0.1, 0.15) is 11.1 Å². The highest BCUT2D eigenvalue weighted by molar-refractivity contribution is 9.10. The molecule has 2 aliphatic rings. The first-order valence-electron chi connectivity index (χ1n) is 10.5. The molecule has 3 aromatic carbocycles. The van der Waals surface area contributed by atoms with Gasteiger partial charge in [0.25, 0.3) is 10.0 Å². The highest BCUT2D eigenvalue weighted by atomic mass is 79.9. The van der Waals surface area contributed by atoms with Crippen LogP contribution in [0.2, 0.25) is 0 Å². The second-order valence-electron chi connectivity index (χ2n) is 7.93. The third-order valence-electron chi connectivity index (χ3n) is 6.03. The molecule has 0 saturated carbocycles. The van der Waals surface area contributed by atoms with Gasteiger partial charge in [0.15, 0.2) is 5.78 Å². The van der Waals surface area contributed by atoms with Crippen LogP contribution in [0, 0.1) is 0 Å². The molecule has 5 rings (SSSR count). The van der Waals surface area contributed by atoms with E-state index in [0.717, 1.165) is 15.6 Å². The second kappa shape index (κ2) is 8.42. The van der Waals surface area contributed by atoms with E-state index >= 15 is 0 Å². The number of sulfonamides is 1. The van der Waals surface area contributed by atoms with E-state index in [9.17, 15) is 13.2 Å². The van der Waals surface area contributed by atoms with Gasteiger partial charge in [-0.25, -0.2) is 12.7 Å². The average Bonchev–Trinajstić information content (AvgIpc) is 3.15. The number of carbonyl (C=O) groups excluding carboxylic acids is 1. The number of nitrogens with zero attached hydrogens (tertiary/aromatic N) is 1. The number of hydrogen-bond acceptors (Lipinski definition) is 4. The number of ether oxygens (including phenoxy) is 1. The Kier molecular flexibility index (Phi) is 5.54. The molecule has 0 unspecified atom stereocenters. The van der Waals surface area contributed by atoms with Crippen LogP contribution in [0.5, 0.6) is 5.75 Å². The van der Waals surface area contributed by atoms with Crippen molar-refractivity contribution < 1.29 is 17.9 Å². The van der Waals surface area contributed by atoms with Gasteiger partial charge in [0.1, 0.15) is 11.2 Å². The van der Waals surface area contributed by atoms with Gasteiger partial charge >= 0.3 is 0 Å². The molecule has 0 fully saturated rings. The van der Waals surface area contributed by atoms with Gasteiger partial charge in [-0.15, -0.1) is 0 Å². The van der Waals surface area contributed by atoms with Crippen LogP contribution in [-0.2, 0) is 20.2 Å². The normalized spacial score (nSPS) is 18.6. The second-order valence-corrected chi connectivity index (χ2v) is 10.6. The molecule has 1 spiro atoms. The Balaban J connectivity index is 1.80. The molecule has 0 amide bonds. The van der Waals surface area contributed by atoms with E-state index in [-0.39, 0.29) is 10.7 Å². The fraction of sp³-hybridized carbons (Fsp3) is 0.0741. The molecule has 0 saturated heterocycles. The molecule has 34 heavy (non-hydrogen) atoms. The molecule has 0 heterocycles. The van der Waals surface area contributed by atoms with Gasteiger partial charge in [-0.1, -0.05) is 64.5 Å². The number of rotatable bonds is 5. The van der Waals surface area contributed by atoms with Gasteiger partial charge in [0.2, 0.25) is 0 Å². The lowest BCUT2D eigenvalue weighted by Crippen LogP contribution is -2.44. The molecule has 170 valence electrons. The molecule has 0 radical (unpaired) electrons. The van der Waals surface area contributed by atoms with Crippen LogP contribution in [0.4, 0.5) is 5.69 Å². The van der Waals surface area contributed by atoms with Crippen LogP contribution in [-0.4, -0.2) is 21.3 Å². The highest BCUT2D eigenvalue weighted by Crippen LogP contribution is 2.49. The topological polar surface area (TPSA) is 63.7 Å². The van der Waals surface area contributed by atoms with Gasteiger partial charge < -0.3 is 4.74 Å². The van der Waals surface area contributed by atoms with Crippen LogP contribution >= 0.6 is 15.9 Å². The van der Waals surface area contributed by atoms with Gasteiger partial charge in [-0.2, -0.15) is 0 Å². The summed E-state index contributed by atoms with van der Waals surface area (Å²) >= 11 is 3.37. The third-order valence-corrected chi connectivity index (χ3v) is 8.32. The Bertz CT molecular complexity index is 1490. The summed E-state index contributed by atoms with van der Waals surface area (Å²) in [7, 11) is -2.59. The molecular formula is C27H20BrNO4S. The SMILES string of the molecule is COc1cccc(N(C2=Cc3ccccc3[C@]23C=CC=CC3=O)S(=O)(=O)c2ccc(Br)cc2)c1. The Morgan fingerprint density at radius 1 is 0.941 bits per heavy atom. The largest absolute Gasteiger partial charge is 0.497 e. The summed E-state index contributed by atoms with van der Waals surface area (Å²) in [4.78, 5) is 13.6. The molecule has 2 aliphatic carbocycles. The maximum Gasteiger partial charge on any atom is 0.268 e. The first-order valence-corrected chi connectivity index (χ1v) is 12.8.